The van der Waals surface area contributed by atoms with Crippen molar-refractivity contribution >= 4 is 40.6 Å². The van der Waals surface area contributed by atoms with Crippen molar-refractivity contribution in [3.05, 3.63) is 54.2 Å². The molecular weight excluding hydrogens is 610 g/mol. The number of nitrogens with zero attached hydrogens (tertiary/aromatic N) is 4. The number of carboxylic acid groups (broad SMARTS) is 1. The summed E-state index contributed by atoms with van der Waals surface area (Å²) in [4.78, 5) is 66.8. The molecule has 0 spiro atoms. The van der Waals surface area contributed by atoms with Gasteiger partial charge in [-0.1, -0.05) is 36.4 Å². The van der Waals surface area contributed by atoms with Crippen LogP contribution in [0.1, 0.15) is 56.4 Å². The number of hydrogen-bond acceptors (Lipinski definition) is 9. The van der Waals surface area contributed by atoms with E-state index < -0.39 is 41.5 Å². The summed E-state index contributed by atoms with van der Waals surface area (Å²) in [5, 5.41) is 18.4. The molecule has 1 saturated carbocycles. The first-order valence-corrected chi connectivity index (χ1v) is 15.8. The van der Waals surface area contributed by atoms with Gasteiger partial charge in [0, 0.05) is 44.1 Å². The summed E-state index contributed by atoms with van der Waals surface area (Å²) in [6, 6.07) is 13.5. The fourth-order valence-electron chi connectivity index (χ4n) is 5.72. The topological polar surface area (TPSA) is 170 Å². The number of hydrogen-bond donors (Lipinski definition) is 2. The molecule has 0 radical (unpaired) electrons. The van der Waals surface area contributed by atoms with Crippen molar-refractivity contribution in [2.45, 2.75) is 57.6 Å². The molecule has 3 aromatic rings. The molecule has 250 valence electrons. The average molecular weight is 650 g/mol. The lowest BCUT2D eigenvalue weighted by Gasteiger charge is -2.38. The van der Waals surface area contributed by atoms with E-state index in [2.05, 4.69) is 10.4 Å². The van der Waals surface area contributed by atoms with Gasteiger partial charge in [-0.25, -0.2) is 9.59 Å². The minimum Gasteiger partial charge on any atom is -0.481 e. The van der Waals surface area contributed by atoms with E-state index in [1.54, 1.807) is 13.8 Å². The van der Waals surface area contributed by atoms with Crippen molar-refractivity contribution in [1.82, 2.24) is 24.9 Å². The Labute approximate surface area is 271 Å². The van der Waals surface area contributed by atoms with Gasteiger partial charge >= 0.3 is 18.0 Å². The molecule has 2 N–H and O–H groups in total. The van der Waals surface area contributed by atoms with Crippen LogP contribution in [0.25, 0.3) is 16.5 Å². The molecule has 1 unspecified atom stereocenters. The summed E-state index contributed by atoms with van der Waals surface area (Å²) in [5.74, 6) is -2.66. The lowest BCUT2D eigenvalue weighted by atomic mass is 9.80. The van der Waals surface area contributed by atoms with Crippen LogP contribution in [0.2, 0.25) is 0 Å². The number of carboxylic acids is 1. The SMILES string of the molecule is CCOC(=O)N1CCN(C(=O)C(CCC(=O)O)NC(=O)c2cc(OC3(C(=O)OCC)CCC3)n(-c3cccc4ccccc34)n2)CC1. The van der Waals surface area contributed by atoms with E-state index in [-0.39, 0.29) is 63.8 Å². The van der Waals surface area contributed by atoms with Crippen LogP contribution in [-0.2, 0) is 23.9 Å². The molecule has 14 nitrogen and oxygen atoms in total. The largest absolute Gasteiger partial charge is 0.481 e. The van der Waals surface area contributed by atoms with Gasteiger partial charge in [-0.3, -0.25) is 14.4 Å². The first kappa shape index (κ1) is 33.2. The summed E-state index contributed by atoms with van der Waals surface area (Å²) in [6.45, 7) is 4.71. The molecule has 3 amide bonds. The zero-order chi connectivity index (χ0) is 33.6. The molecule has 5 rings (SSSR count). The fourth-order valence-corrected chi connectivity index (χ4v) is 5.72. The number of nitrogens with one attached hydrogen (secondary N) is 1. The van der Waals surface area contributed by atoms with E-state index in [9.17, 15) is 29.1 Å². The van der Waals surface area contributed by atoms with Crippen LogP contribution in [0.3, 0.4) is 0 Å². The van der Waals surface area contributed by atoms with E-state index in [4.69, 9.17) is 14.2 Å². The van der Waals surface area contributed by atoms with Gasteiger partial charge in [-0.05, 0) is 51.0 Å². The maximum absolute atomic E-state index is 13.7. The molecule has 1 aliphatic heterocycles. The van der Waals surface area contributed by atoms with Crippen molar-refractivity contribution in [1.29, 1.82) is 0 Å². The van der Waals surface area contributed by atoms with E-state index >= 15 is 0 Å². The number of rotatable bonds is 12. The summed E-state index contributed by atoms with van der Waals surface area (Å²) in [6.07, 6.45) is 0.641. The number of esters is 1. The van der Waals surface area contributed by atoms with Gasteiger partial charge in [0.25, 0.3) is 5.91 Å². The van der Waals surface area contributed by atoms with Gasteiger partial charge in [0.15, 0.2) is 5.69 Å². The molecule has 1 aromatic heterocycles. The molecule has 1 saturated heterocycles. The Morgan fingerprint density at radius 2 is 1.62 bits per heavy atom. The molecule has 2 fully saturated rings. The Morgan fingerprint density at radius 3 is 2.28 bits per heavy atom. The molecule has 47 heavy (non-hydrogen) atoms. The Balaban J connectivity index is 1.43. The molecule has 14 heteroatoms. The van der Waals surface area contributed by atoms with Gasteiger partial charge in [0.2, 0.25) is 17.4 Å². The molecule has 0 bridgehead atoms. The number of aromatic nitrogens is 2. The first-order chi connectivity index (χ1) is 22.7. The standard InChI is InChI=1S/C33H39N5O9/c1-3-45-31(43)33(15-8-16-33)47-27-21-25(35-38(27)26-12-7-10-22-9-5-6-11-23(22)26)29(41)34-24(13-14-28(39)40)30(42)36-17-19-37(20-18-36)32(44)46-4-2/h5-7,9-12,21,24H,3-4,8,13-20H2,1-2H3,(H,34,41)(H,39,40). The maximum atomic E-state index is 13.7. The van der Waals surface area contributed by atoms with Crippen LogP contribution in [0, 0.1) is 0 Å². The number of carbonyl (C=O) groups is 5. The van der Waals surface area contributed by atoms with E-state index in [1.165, 1.54) is 20.5 Å². The highest BCUT2D eigenvalue weighted by atomic mass is 16.6. The summed E-state index contributed by atoms with van der Waals surface area (Å²) in [5.41, 5.74) is -0.711. The summed E-state index contributed by atoms with van der Waals surface area (Å²) >= 11 is 0. The first-order valence-electron chi connectivity index (χ1n) is 15.8. The molecule has 2 heterocycles. The molecule has 1 aliphatic carbocycles. The number of aliphatic carboxylic acids is 1. The quantitative estimate of drug-likeness (QED) is 0.278. The summed E-state index contributed by atoms with van der Waals surface area (Å²) in [7, 11) is 0. The Kier molecular flexibility index (Phi) is 10.3. The summed E-state index contributed by atoms with van der Waals surface area (Å²) < 4.78 is 18.2. The van der Waals surface area contributed by atoms with E-state index in [0.29, 0.717) is 18.5 Å². The number of benzene rings is 2. The monoisotopic (exact) mass is 649 g/mol. The number of fused-ring (bicyclic) bond motifs is 1. The average Bonchev–Trinajstić information content (AvgIpc) is 3.47. The number of amides is 3. The smallest absolute Gasteiger partial charge is 0.409 e. The molecule has 2 aliphatic rings. The van der Waals surface area contributed by atoms with Gasteiger partial charge in [0.1, 0.15) is 6.04 Å². The van der Waals surface area contributed by atoms with Crippen LogP contribution in [0.5, 0.6) is 5.88 Å². The Morgan fingerprint density at radius 1 is 0.936 bits per heavy atom. The van der Waals surface area contributed by atoms with Crippen LogP contribution in [0.4, 0.5) is 4.79 Å². The minimum absolute atomic E-state index is 0.0912. The normalized spacial score (nSPS) is 16.1. The maximum Gasteiger partial charge on any atom is 0.409 e. The number of piperazine rings is 1. The van der Waals surface area contributed by atoms with Crippen molar-refractivity contribution in [3.63, 3.8) is 0 Å². The number of ether oxygens (including phenoxy) is 3. The third-order valence-electron chi connectivity index (χ3n) is 8.38. The highest BCUT2D eigenvalue weighted by Crippen LogP contribution is 2.39. The molecule has 2 aromatic carbocycles. The van der Waals surface area contributed by atoms with Gasteiger partial charge < -0.3 is 34.4 Å². The third kappa shape index (κ3) is 7.31. The van der Waals surface area contributed by atoms with E-state index in [1.807, 2.05) is 42.5 Å². The van der Waals surface area contributed by atoms with Crippen molar-refractivity contribution in [3.8, 4) is 11.6 Å². The third-order valence-corrected chi connectivity index (χ3v) is 8.38. The zero-order valence-corrected chi connectivity index (χ0v) is 26.5. The highest BCUT2D eigenvalue weighted by Gasteiger charge is 2.49. The van der Waals surface area contributed by atoms with Crippen molar-refractivity contribution in [2.24, 2.45) is 0 Å². The lowest BCUT2D eigenvalue weighted by Crippen LogP contribution is -2.56. The second-order valence-corrected chi connectivity index (χ2v) is 11.4. The lowest BCUT2D eigenvalue weighted by molar-refractivity contribution is -0.170. The van der Waals surface area contributed by atoms with E-state index in [0.717, 1.165) is 17.2 Å². The minimum atomic E-state index is -1.22. The van der Waals surface area contributed by atoms with Crippen LogP contribution in [0.15, 0.2) is 48.5 Å². The zero-order valence-electron chi connectivity index (χ0n) is 26.5. The van der Waals surface area contributed by atoms with Crippen LogP contribution in [-0.4, -0.2) is 106 Å². The van der Waals surface area contributed by atoms with Gasteiger partial charge in [0.05, 0.1) is 18.9 Å². The Bertz CT molecular complexity index is 1640. The molecular formula is C33H39N5O9. The second kappa shape index (κ2) is 14.5. The highest BCUT2D eigenvalue weighted by molar-refractivity contribution is 5.97. The Hall–Kier alpha value is -5.14. The van der Waals surface area contributed by atoms with Crippen molar-refractivity contribution < 1.29 is 43.3 Å². The van der Waals surface area contributed by atoms with Gasteiger partial charge in [-0.2, -0.15) is 9.78 Å². The van der Waals surface area contributed by atoms with Crippen molar-refractivity contribution in [2.75, 3.05) is 39.4 Å². The second-order valence-electron chi connectivity index (χ2n) is 11.4. The van der Waals surface area contributed by atoms with Crippen LogP contribution >= 0.6 is 0 Å². The number of carbonyl (C=O) groups excluding carboxylic acids is 4. The fraction of sp³-hybridized carbons (Fsp3) is 0.455. The predicted molar refractivity (Wildman–Crippen MR) is 168 cm³/mol. The van der Waals surface area contributed by atoms with Crippen LogP contribution < -0.4 is 10.1 Å². The van der Waals surface area contributed by atoms with Gasteiger partial charge in [-0.15, -0.1) is 0 Å². The molecule has 1 atom stereocenters. The predicted octanol–water partition coefficient (Wildman–Crippen LogP) is 3.15.